The van der Waals surface area contributed by atoms with Crippen molar-refractivity contribution in [2.75, 3.05) is 30.5 Å². The first kappa shape index (κ1) is 27.1. The van der Waals surface area contributed by atoms with Crippen molar-refractivity contribution >= 4 is 38.9 Å². The van der Waals surface area contributed by atoms with Crippen molar-refractivity contribution in [3.63, 3.8) is 0 Å². The van der Waals surface area contributed by atoms with Crippen molar-refractivity contribution in [2.24, 2.45) is 0 Å². The van der Waals surface area contributed by atoms with Crippen LogP contribution in [0.15, 0.2) is 71.6 Å². The van der Waals surface area contributed by atoms with E-state index in [2.05, 4.69) is 18.7 Å². The number of aliphatic hydroxyl groups is 1. The molecule has 3 rings (SSSR count). The molecule has 0 radical (unpaired) electrons. The first-order chi connectivity index (χ1) is 15.3. The molecule has 1 unspecified atom stereocenters. The van der Waals surface area contributed by atoms with Gasteiger partial charge in [0.15, 0.2) is 0 Å². The van der Waals surface area contributed by atoms with Gasteiger partial charge in [-0.3, -0.25) is 4.31 Å². The Morgan fingerprint density at radius 3 is 2.06 bits per heavy atom. The van der Waals surface area contributed by atoms with Gasteiger partial charge >= 0.3 is 0 Å². The molecule has 0 fully saturated rings. The van der Waals surface area contributed by atoms with Crippen LogP contribution in [-0.4, -0.2) is 50.7 Å². The molecule has 0 bridgehead atoms. The van der Waals surface area contributed by atoms with Crippen LogP contribution in [0.2, 0.25) is 0 Å². The zero-order valence-corrected chi connectivity index (χ0v) is 21.3. The van der Waals surface area contributed by atoms with Gasteiger partial charge < -0.3 is 10.0 Å². The van der Waals surface area contributed by atoms with Gasteiger partial charge in [-0.2, -0.15) is 0 Å². The van der Waals surface area contributed by atoms with E-state index in [1.165, 1.54) is 4.31 Å². The van der Waals surface area contributed by atoms with Crippen molar-refractivity contribution in [3.8, 4) is 0 Å². The zero-order chi connectivity index (χ0) is 23.1. The Labute approximate surface area is 204 Å². The van der Waals surface area contributed by atoms with Gasteiger partial charge in [0.2, 0.25) is 0 Å². The van der Waals surface area contributed by atoms with Crippen LogP contribution in [0.3, 0.4) is 0 Å². The van der Waals surface area contributed by atoms with E-state index < -0.39 is 16.1 Å². The molecule has 0 heterocycles. The fourth-order valence-electron chi connectivity index (χ4n) is 3.98. The number of rotatable bonds is 11. The lowest BCUT2D eigenvalue weighted by Gasteiger charge is -2.30. The van der Waals surface area contributed by atoms with Gasteiger partial charge in [0, 0.05) is 6.54 Å². The first-order valence-corrected chi connectivity index (χ1v) is 12.8. The van der Waals surface area contributed by atoms with E-state index in [1.54, 1.807) is 24.3 Å². The number of anilines is 1. The number of halogens is 1. The molecule has 1 atom stereocenters. The first-order valence-electron chi connectivity index (χ1n) is 11.3. The van der Waals surface area contributed by atoms with Crippen LogP contribution in [0.25, 0.3) is 10.8 Å². The average Bonchev–Trinajstić information content (AvgIpc) is 2.78. The SMILES string of the molecule is CCCN(CCC)CC(O)CN(c1ccc(C)cc1)S(=O)(=O)c1ccc2ccccc2c1.Cl. The summed E-state index contributed by atoms with van der Waals surface area (Å²) in [5.74, 6) is 0. The number of aryl methyl sites for hydroxylation is 1. The summed E-state index contributed by atoms with van der Waals surface area (Å²) in [6, 6.07) is 20.3. The van der Waals surface area contributed by atoms with E-state index in [9.17, 15) is 13.5 Å². The van der Waals surface area contributed by atoms with Crippen LogP contribution in [0.1, 0.15) is 32.3 Å². The molecular weight excluding hydrogens is 456 g/mol. The number of sulfonamides is 1. The fraction of sp³-hybridized carbons (Fsp3) is 0.385. The Morgan fingerprint density at radius 1 is 0.848 bits per heavy atom. The van der Waals surface area contributed by atoms with Crippen molar-refractivity contribution in [2.45, 2.75) is 44.6 Å². The molecule has 0 aromatic heterocycles. The monoisotopic (exact) mass is 490 g/mol. The summed E-state index contributed by atoms with van der Waals surface area (Å²) in [6.07, 6.45) is 1.18. The minimum atomic E-state index is -3.86. The van der Waals surface area contributed by atoms with Gasteiger partial charge in [-0.25, -0.2) is 8.42 Å². The van der Waals surface area contributed by atoms with Crippen molar-refractivity contribution in [1.29, 1.82) is 0 Å². The molecule has 0 aliphatic heterocycles. The minimum Gasteiger partial charge on any atom is -0.390 e. The van der Waals surface area contributed by atoms with E-state index in [4.69, 9.17) is 0 Å². The molecule has 5 nitrogen and oxygen atoms in total. The predicted octanol–water partition coefficient (Wildman–Crippen LogP) is 5.25. The normalized spacial score (nSPS) is 12.5. The molecule has 3 aromatic carbocycles. The van der Waals surface area contributed by atoms with Crippen molar-refractivity contribution in [3.05, 3.63) is 72.3 Å². The van der Waals surface area contributed by atoms with Gasteiger partial charge in [0.05, 0.1) is 23.2 Å². The van der Waals surface area contributed by atoms with E-state index in [1.807, 2.05) is 49.4 Å². The van der Waals surface area contributed by atoms with Crippen molar-refractivity contribution < 1.29 is 13.5 Å². The third kappa shape index (κ3) is 6.93. The zero-order valence-electron chi connectivity index (χ0n) is 19.6. The van der Waals surface area contributed by atoms with Crippen LogP contribution < -0.4 is 4.31 Å². The summed E-state index contributed by atoms with van der Waals surface area (Å²) in [4.78, 5) is 2.42. The lowest BCUT2D eigenvalue weighted by atomic mass is 10.1. The Kier molecular flexibility index (Phi) is 10.2. The molecule has 33 heavy (non-hydrogen) atoms. The molecule has 0 amide bonds. The van der Waals surface area contributed by atoms with Crippen LogP contribution in [0.5, 0.6) is 0 Å². The Morgan fingerprint density at radius 2 is 1.45 bits per heavy atom. The lowest BCUT2D eigenvalue weighted by Crippen LogP contribution is -2.43. The summed E-state index contributed by atoms with van der Waals surface area (Å²) < 4.78 is 28.8. The van der Waals surface area contributed by atoms with Crippen LogP contribution in [-0.2, 0) is 10.0 Å². The third-order valence-corrected chi connectivity index (χ3v) is 7.35. The summed E-state index contributed by atoms with van der Waals surface area (Å²) in [7, 11) is -3.86. The third-order valence-electron chi connectivity index (χ3n) is 5.56. The molecular formula is C26H35ClN2O3S. The summed E-state index contributed by atoms with van der Waals surface area (Å²) in [5.41, 5.74) is 1.61. The smallest absolute Gasteiger partial charge is 0.264 e. The number of aliphatic hydroxyl groups excluding tert-OH is 1. The topological polar surface area (TPSA) is 60.9 Å². The molecule has 0 saturated heterocycles. The highest BCUT2D eigenvalue weighted by Crippen LogP contribution is 2.27. The number of fused-ring (bicyclic) bond motifs is 1. The largest absolute Gasteiger partial charge is 0.390 e. The maximum atomic E-state index is 13.7. The molecule has 1 N–H and O–H groups in total. The molecule has 0 aliphatic rings. The summed E-state index contributed by atoms with van der Waals surface area (Å²) in [6.45, 7) is 8.39. The van der Waals surface area contributed by atoms with E-state index in [-0.39, 0.29) is 23.8 Å². The second-order valence-electron chi connectivity index (χ2n) is 8.34. The average molecular weight is 491 g/mol. The standard InChI is InChI=1S/C26H34N2O3S.ClH/c1-4-16-27(17-5-2)19-25(29)20-28(24-13-10-21(3)11-14-24)32(30,31)26-15-12-22-8-6-7-9-23(22)18-26;/h6-15,18,25,29H,4-5,16-17,19-20H2,1-3H3;1H. The molecule has 0 saturated carbocycles. The highest BCUT2D eigenvalue weighted by molar-refractivity contribution is 7.92. The highest BCUT2D eigenvalue weighted by atomic mass is 35.5. The Balaban J connectivity index is 0.00000385. The van der Waals surface area contributed by atoms with Crippen molar-refractivity contribution in [1.82, 2.24) is 4.90 Å². The van der Waals surface area contributed by atoms with Gasteiger partial charge in [-0.05, 0) is 67.9 Å². The molecule has 180 valence electrons. The molecule has 0 spiro atoms. The van der Waals surface area contributed by atoms with Gasteiger partial charge in [-0.1, -0.05) is 61.9 Å². The number of hydrogen-bond acceptors (Lipinski definition) is 4. The fourth-order valence-corrected chi connectivity index (χ4v) is 5.52. The lowest BCUT2D eigenvalue weighted by molar-refractivity contribution is 0.119. The summed E-state index contributed by atoms with van der Waals surface area (Å²) in [5, 5.41) is 12.8. The minimum absolute atomic E-state index is 0. The number of hydrogen-bond donors (Lipinski definition) is 1. The maximum Gasteiger partial charge on any atom is 0.264 e. The van der Waals surface area contributed by atoms with E-state index in [0.29, 0.717) is 12.2 Å². The van der Waals surface area contributed by atoms with E-state index >= 15 is 0 Å². The summed E-state index contributed by atoms with van der Waals surface area (Å²) >= 11 is 0. The Bertz CT molecular complexity index is 1110. The second-order valence-corrected chi connectivity index (χ2v) is 10.2. The van der Waals surface area contributed by atoms with Gasteiger partial charge in [0.25, 0.3) is 10.0 Å². The molecule has 7 heteroatoms. The predicted molar refractivity (Wildman–Crippen MR) is 140 cm³/mol. The maximum absolute atomic E-state index is 13.7. The molecule has 3 aromatic rings. The van der Waals surface area contributed by atoms with Crippen LogP contribution in [0.4, 0.5) is 5.69 Å². The van der Waals surface area contributed by atoms with Gasteiger partial charge in [0.1, 0.15) is 0 Å². The Hall–Kier alpha value is -2.12. The number of nitrogens with zero attached hydrogens (tertiary/aromatic N) is 2. The van der Waals surface area contributed by atoms with Gasteiger partial charge in [-0.15, -0.1) is 12.4 Å². The van der Waals surface area contributed by atoms with E-state index in [0.717, 1.165) is 42.3 Å². The second kappa shape index (κ2) is 12.4. The quantitative estimate of drug-likeness (QED) is 0.399. The van der Waals surface area contributed by atoms with Crippen LogP contribution in [0, 0.1) is 6.92 Å². The number of benzene rings is 3. The van der Waals surface area contributed by atoms with Crippen LogP contribution >= 0.6 is 12.4 Å². The highest BCUT2D eigenvalue weighted by Gasteiger charge is 2.28. The molecule has 0 aliphatic carbocycles.